The summed E-state index contributed by atoms with van der Waals surface area (Å²) in [5.41, 5.74) is 7.58. The van der Waals surface area contributed by atoms with E-state index in [1.165, 1.54) is 0 Å². The molecule has 2 rings (SSSR count). The molecule has 1 aliphatic heterocycles. The van der Waals surface area contributed by atoms with Crippen molar-refractivity contribution in [2.24, 2.45) is 0 Å². The molecule has 1 heterocycles. The molecule has 0 bridgehead atoms. The molecule has 1 aromatic rings. The number of aliphatic hydroxyl groups excluding tert-OH is 1. The quantitative estimate of drug-likeness (QED) is 0.773. The molecule has 5 nitrogen and oxygen atoms in total. The maximum absolute atomic E-state index is 12.1. The number of para-hydroxylation sites is 1. The van der Waals surface area contributed by atoms with Gasteiger partial charge in [-0.25, -0.2) is 0 Å². The van der Waals surface area contributed by atoms with Crippen molar-refractivity contribution in [3.8, 4) is 0 Å². The molecule has 1 fully saturated rings. The molecular weight excluding hydrogens is 244 g/mol. The predicted molar refractivity (Wildman–Crippen MR) is 72.6 cm³/mol. The molecule has 0 radical (unpaired) electrons. The highest BCUT2D eigenvalue weighted by molar-refractivity contribution is 5.76. The molecule has 0 aromatic heterocycles. The van der Waals surface area contributed by atoms with Crippen molar-refractivity contribution in [2.75, 3.05) is 32.0 Å². The van der Waals surface area contributed by atoms with Gasteiger partial charge in [0.25, 0.3) is 0 Å². The summed E-state index contributed by atoms with van der Waals surface area (Å²) < 4.78 is 5.33. The van der Waals surface area contributed by atoms with Crippen LogP contribution in [0.5, 0.6) is 0 Å². The summed E-state index contributed by atoms with van der Waals surface area (Å²) in [4.78, 5) is 13.8. The van der Waals surface area contributed by atoms with E-state index >= 15 is 0 Å². The molecule has 1 amide bonds. The van der Waals surface area contributed by atoms with E-state index in [0.717, 1.165) is 11.3 Å². The van der Waals surface area contributed by atoms with Crippen molar-refractivity contribution in [3.05, 3.63) is 29.8 Å². The van der Waals surface area contributed by atoms with Gasteiger partial charge in [-0.15, -0.1) is 0 Å². The van der Waals surface area contributed by atoms with E-state index in [9.17, 15) is 4.79 Å². The highest BCUT2D eigenvalue weighted by Gasteiger charge is 2.23. The zero-order valence-electron chi connectivity index (χ0n) is 10.9. The van der Waals surface area contributed by atoms with Gasteiger partial charge in [0.05, 0.1) is 19.3 Å². The smallest absolute Gasteiger partial charge is 0.223 e. The topological polar surface area (TPSA) is 75.8 Å². The van der Waals surface area contributed by atoms with Crippen LogP contribution in [-0.4, -0.2) is 48.3 Å². The lowest BCUT2D eigenvalue weighted by Gasteiger charge is -2.32. The molecule has 1 aromatic carbocycles. The third kappa shape index (κ3) is 3.68. The summed E-state index contributed by atoms with van der Waals surface area (Å²) >= 11 is 0. The Morgan fingerprint density at radius 1 is 1.47 bits per heavy atom. The van der Waals surface area contributed by atoms with E-state index < -0.39 is 0 Å². The second-order valence-corrected chi connectivity index (χ2v) is 4.71. The molecule has 5 heteroatoms. The van der Waals surface area contributed by atoms with Gasteiger partial charge in [-0.05, 0) is 18.1 Å². The number of benzene rings is 1. The van der Waals surface area contributed by atoms with Crippen molar-refractivity contribution in [2.45, 2.75) is 18.9 Å². The summed E-state index contributed by atoms with van der Waals surface area (Å²) in [6.45, 7) is 1.51. The number of aliphatic hydroxyl groups is 1. The molecule has 1 aliphatic rings. The fraction of sp³-hybridized carbons (Fsp3) is 0.500. The lowest BCUT2D eigenvalue weighted by atomic mass is 10.1. The first kappa shape index (κ1) is 13.8. The zero-order chi connectivity index (χ0) is 13.7. The third-order valence-electron chi connectivity index (χ3n) is 3.36. The van der Waals surface area contributed by atoms with Crippen molar-refractivity contribution in [3.63, 3.8) is 0 Å². The maximum Gasteiger partial charge on any atom is 0.223 e. The number of rotatable bonds is 4. The fourth-order valence-corrected chi connectivity index (χ4v) is 2.22. The summed E-state index contributed by atoms with van der Waals surface area (Å²) in [7, 11) is 0. The summed E-state index contributed by atoms with van der Waals surface area (Å²) in [5, 5.41) is 9.06. The Hall–Kier alpha value is -1.59. The minimum absolute atomic E-state index is 0.0462. The number of nitrogens with two attached hydrogens (primary N) is 1. The van der Waals surface area contributed by atoms with Crippen molar-refractivity contribution < 1.29 is 14.6 Å². The summed E-state index contributed by atoms with van der Waals surface area (Å²) in [6, 6.07) is 7.59. The standard InChI is InChI=1S/C14H20N2O3/c15-13-4-2-1-3-11(13)5-6-14(18)16-7-8-19-12(9-16)10-17/h1-4,12,17H,5-10,15H2. The van der Waals surface area contributed by atoms with Crippen LogP contribution < -0.4 is 5.73 Å². The molecule has 1 unspecified atom stereocenters. The Balaban J connectivity index is 1.86. The number of nitrogens with zero attached hydrogens (tertiary/aromatic N) is 1. The largest absolute Gasteiger partial charge is 0.399 e. The first-order valence-corrected chi connectivity index (χ1v) is 6.54. The van der Waals surface area contributed by atoms with Crippen LogP contribution in [0.3, 0.4) is 0 Å². The third-order valence-corrected chi connectivity index (χ3v) is 3.36. The summed E-state index contributed by atoms with van der Waals surface area (Å²) in [6.07, 6.45) is 0.832. The SMILES string of the molecule is Nc1ccccc1CCC(=O)N1CCOC(CO)C1. The highest BCUT2D eigenvalue weighted by Crippen LogP contribution is 2.14. The minimum Gasteiger partial charge on any atom is -0.399 e. The Bertz CT molecular complexity index is 436. The van der Waals surface area contributed by atoms with E-state index in [4.69, 9.17) is 15.6 Å². The van der Waals surface area contributed by atoms with Crippen LogP contribution in [0.4, 0.5) is 5.69 Å². The molecule has 19 heavy (non-hydrogen) atoms. The first-order chi connectivity index (χ1) is 9.20. The minimum atomic E-state index is -0.250. The van der Waals surface area contributed by atoms with E-state index in [0.29, 0.717) is 32.5 Å². The fourth-order valence-electron chi connectivity index (χ4n) is 2.22. The lowest BCUT2D eigenvalue weighted by Crippen LogP contribution is -2.46. The van der Waals surface area contributed by atoms with E-state index in [-0.39, 0.29) is 18.6 Å². The number of nitrogen functional groups attached to an aromatic ring is 1. The average Bonchev–Trinajstić information content (AvgIpc) is 2.46. The monoisotopic (exact) mass is 264 g/mol. The summed E-state index contributed by atoms with van der Waals surface area (Å²) in [5.74, 6) is 0.0880. The normalized spacial score (nSPS) is 19.4. The highest BCUT2D eigenvalue weighted by atomic mass is 16.5. The number of anilines is 1. The average molecular weight is 264 g/mol. The molecular formula is C14H20N2O3. The van der Waals surface area contributed by atoms with Gasteiger partial charge in [-0.3, -0.25) is 4.79 Å². The molecule has 3 N–H and O–H groups in total. The number of carbonyl (C=O) groups is 1. The second-order valence-electron chi connectivity index (χ2n) is 4.71. The molecule has 104 valence electrons. The number of ether oxygens (including phenoxy) is 1. The number of carbonyl (C=O) groups excluding carboxylic acids is 1. The lowest BCUT2D eigenvalue weighted by molar-refractivity contribution is -0.140. The number of amides is 1. The Morgan fingerprint density at radius 3 is 3.00 bits per heavy atom. The van der Waals surface area contributed by atoms with Crippen LogP contribution in [0, 0.1) is 0 Å². The first-order valence-electron chi connectivity index (χ1n) is 6.54. The predicted octanol–water partition coefficient (Wildman–Crippen LogP) is 0.421. The Morgan fingerprint density at radius 2 is 2.26 bits per heavy atom. The maximum atomic E-state index is 12.1. The molecule has 1 saturated heterocycles. The number of morpholine rings is 1. The van der Waals surface area contributed by atoms with Gasteiger partial charge in [-0.2, -0.15) is 0 Å². The van der Waals surface area contributed by atoms with Crippen LogP contribution in [0.2, 0.25) is 0 Å². The van der Waals surface area contributed by atoms with Gasteiger partial charge >= 0.3 is 0 Å². The van der Waals surface area contributed by atoms with Crippen LogP contribution in [0.25, 0.3) is 0 Å². The van der Waals surface area contributed by atoms with Crippen molar-refractivity contribution >= 4 is 11.6 Å². The van der Waals surface area contributed by atoms with E-state index in [2.05, 4.69) is 0 Å². The Labute approximate surface area is 113 Å². The zero-order valence-corrected chi connectivity index (χ0v) is 10.9. The van der Waals surface area contributed by atoms with Gasteiger partial charge in [0, 0.05) is 25.2 Å². The van der Waals surface area contributed by atoms with Crippen molar-refractivity contribution in [1.29, 1.82) is 0 Å². The van der Waals surface area contributed by atoms with Gasteiger partial charge in [0.2, 0.25) is 5.91 Å². The Kier molecular flexibility index (Phi) is 4.76. The van der Waals surface area contributed by atoms with E-state index in [1.54, 1.807) is 4.90 Å². The van der Waals surface area contributed by atoms with E-state index in [1.807, 2.05) is 24.3 Å². The van der Waals surface area contributed by atoms with Crippen LogP contribution in [-0.2, 0) is 16.0 Å². The molecule has 1 atom stereocenters. The second kappa shape index (κ2) is 6.54. The number of aryl methyl sites for hydroxylation is 1. The van der Waals surface area contributed by atoms with Crippen molar-refractivity contribution in [1.82, 2.24) is 4.90 Å². The molecule has 0 aliphatic carbocycles. The van der Waals surface area contributed by atoms with Gasteiger partial charge in [0.15, 0.2) is 0 Å². The van der Waals surface area contributed by atoms with Crippen LogP contribution in [0.15, 0.2) is 24.3 Å². The van der Waals surface area contributed by atoms with Crippen LogP contribution >= 0.6 is 0 Å². The number of hydrogen-bond donors (Lipinski definition) is 2. The molecule has 0 spiro atoms. The molecule has 0 saturated carbocycles. The van der Waals surface area contributed by atoms with Gasteiger partial charge in [0.1, 0.15) is 0 Å². The van der Waals surface area contributed by atoms with Gasteiger partial charge < -0.3 is 20.5 Å². The van der Waals surface area contributed by atoms with Gasteiger partial charge in [-0.1, -0.05) is 18.2 Å². The number of hydrogen-bond acceptors (Lipinski definition) is 4. The van der Waals surface area contributed by atoms with Crippen LogP contribution in [0.1, 0.15) is 12.0 Å².